The van der Waals surface area contributed by atoms with Gasteiger partial charge in [0.1, 0.15) is 0 Å². The molecule has 28 heavy (non-hydrogen) atoms. The molecule has 4 rings (SSSR count). The van der Waals surface area contributed by atoms with E-state index in [0.717, 1.165) is 24.5 Å². The number of nitrogens with zero attached hydrogens (tertiary/aromatic N) is 3. The van der Waals surface area contributed by atoms with Crippen LogP contribution in [0.25, 0.3) is 5.69 Å². The average molecular weight is 374 g/mol. The topological polar surface area (TPSA) is 40.5 Å². The Kier molecular flexibility index (Phi) is 5.33. The molecular formula is C23H26N4O. The average Bonchev–Trinajstić information content (AvgIpc) is 3.43. The van der Waals surface area contributed by atoms with E-state index in [1.165, 1.54) is 24.1 Å². The Balaban J connectivity index is 1.44. The third kappa shape index (κ3) is 4.03. The predicted molar refractivity (Wildman–Crippen MR) is 114 cm³/mol. The number of carbonyl (C=O) groups excluding carboxylic acids is 1. The summed E-state index contributed by atoms with van der Waals surface area (Å²) in [5, 5.41) is 3.01. The van der Waals surface area contributed by atoms with E-state index in [1.54, 1.807) is 4.90 Å². The van der Waals surface area contributed by atoms with E-state index in [9.17, 15) is 4.79 Å². The quantitative estimate of drug-likeness (QED) is 0.701. The molecule has 0 spiro atoms. The van der Waals surface area contributed by atoms with E-state index in [2.05, 4.69) is 28.4 Å². The van der Waals surface area contributed by atoms with Gasteiger partial charge in [0.05, 0.1) is 0 Å². The lowest BCUT2D eigenvalue weighted by Gasteiger charge is -2.24. The second-order valence-corrected chi connectivity index (χ2v) is 7.25. The third-order valence-corrected chi connectivity index (χ3v) is 5.19. The summed E-state index contributed by atoms with van der Waals surface area (Å²) < 4.78 is 2.02. The zero-order valence-electron chi connectivity index (χ0n) is 16.2. The fourth-order valence-electron chi connectivity index (χ4n) is 3.71. The summed E-state index contributed by atoms with van der Waals surface area (Å²) in [6.07, 6.45) is 6.45. The number of carbonyl (C=O) groups is 1. The molecule has 2 aromatic carbocycles. The molecule has 1 fully saturated rings. The highest BCUT2D eigenvalue weighted by Gasteiger charge is 2.17. The van der Waals surface area contributed by atoms with Crippen LogP contribution >= 0.6 is 0 Å². The van der Waals surface area contributed by atoms with Crippen LogP contribution in [-0.4, -0.2) is 35.6 Å². The standard InChI is InChI=1S/C23H26N4O/c1-25(18-19-9-2-3-12-22(19)27-15-6-7-16-27)23(28)24-20-10-8-11-21(17-20)26-13-4-5-14-26/h2-5,8-14,17H,6-7,15-16,18H2,1H3,(H,24,28). The van der Waals surface area contributed by atoms with Crippen LogP contribution in [0.2, 0.25) is 0 Å². The van der Waals surface area contributed by atoms with E-state index in [-0.39, 0.29) is 6.03 Å². The van der Waals surface area contributed by atoms with Crippen LogP contribution < -0.4 is 10.2 Å². The molecule has 5 heteroatoms. The molecule has 5 nitrogen and oxygen atoms in total. The Hall–Kier alpha value is -3.21. The van der Waals surface area contributed by atoms with Gasteiger partial charge in [-0.2, -0.15) is 0 Å². The van der Waals surface area contributed by atoms with Crippen LogP contribution in [0.1, 0.15) is 18.4 Å². The van der Waals surface area contributed by atoms with Crippen LogP contribution in [0.15, 0.2) is 73.1 Å². The second-order valence-electron chi connectivity index (χ2n) is 7.25. The highest BCUT2D eigenvalue weighted by atomic mass is 16.2. The van der Waals surface area contributed by atoms with Crippen molar-refractivity contribution >= 4 is 17.4 Å². The Morgan fingerprint density at radius 2 is 1.75 bits per heavy atom. The fraction of sp³-hybridized carbons (Fsp3) is 0.261. The lowest BCUT2D eigenvalue weighted by molar-refractivity contribution is 0.220. The summed E-state index contributed by atoms with van der Waals surface area (Å²) in [7, 11) is 1.84. The first-order valence-corrected chi connectivity index (χ1v) is 9.79. The van der Waals surface area contributed by atoms with Gasteiger partial charge in [0.25, 0.3) is 0 Å². The van der Waals surface area contributed by atoms with E-state index in [4.69, 9.17) is 0 Å². The van der Waals surface area contributed by atoms with Crippen molar-refractivity contribution in [2.45, 2.75) is 19.4 Å². The SMILES string of the molecule is CN(Cc1ccccc1N1CCCC1)C(=O)Nc1cccc(-n2cccc2)c1. The summed E-state index contributed by atoms with van der Waals surface area (Å²) in [5.74, 6) is 0. The van der Waals surface area contributed by atoms with Gasteiger partial charge in [0, 0.05) is 56.1 Å². The summed E-state index contributed by atoms with van der Waals surface area (Å²) in [6, 6.07) is 20.1. The van der Waals surface area contributed by atoms with Crippen molar-refractivity contribution < 1.29 is 4.79 Å². The zero-order valence-corrected chi connectivity index (χ0v) is 16.2. The first-order chi connectivity index (χ1) is 13.7. The molecule has 0 bridgehead atoms. The van der Waals surface area contributed by atoms with Crippen LogP contribution in [0.3, 0.4) is 0 Å². The molecule has 144 valence electrons. The van der Waals surface area contributed by atoms with Gasteiger partial charge in [-0.3, -0.25) is 0 Å². The third-order valence-electron chi connectivity index (χ3n) is 5.19. The number of rotatable bonds is 5. The molecule has 2 amide bonds. The van der Waals surface area contributed by atoms with Gasteiger partial charge in [0.2, 0.25) is 0 Å². The van der Waals surface area contributed by atoms with Crippen LogP contribution in [0.4, 0.5) is 16.2 Å². The first-order valence-electron chi connectivity index (χ1n) is 9.79. The van der Waals surface area contributed by atoms with Crippen molar-refractivity contribution in [3.05, 3.63) is 78.6 Å². The Bertz CT molecular complexity index is 929. The molecule has 2 heterocycles. The molecule has 0 radical (unpaired) electrons. The molecule has 0 unspecified atom stereocenters. The van der Waals surface area contributed by atoms with Crippen molar-refractivity contribution in [2.75, 3.05) is 30.4 Å². The lowest BCUT2D eigenvalue weighted by atomic mass is 10.1. The molecule has 0 aliphatic carbocycles. The number of hydrogen-bond acceptors (Lipinski definition) is 2. The number of para-hydroxylation sites is 1. The van der Waals surface area contributed by atoms with Crippen molar-refractivity contribution in [2.24, 2.45) is 0 Å². The number of anilines is 2. The molecular weight excluding hydrogens is 348 g/mol. The lowest BCUT2D eigenvalue weighted by Crippen LogP contribution is -2.31. The Morgan fingerprint density at radius 3 is 2.54 bits per heavy atom. The minimum absolute atomic E-state index is 0.110. The maximum absolute atomic E-state index is 12.7. The van der Waals surface area contributed by atoms with E-state index < -0.39 is 0 Å². The molecule has 3 aromatic rings. The number of hydrogen-bond donors (Lipinski definition) is 1. The number of urea groups is 1. The fourth-order valence-corrected chi connectivity index (χ4v) is 3.71. The van der Waals surface area contributed by atoms with Gasteiger partial charge < -0.3 is 19.7 Å². The maximum atomic E-state index is 12.7. The van der Waals surface area contributed by atoms with Crippen LogP contribution in [0.5, 0.6) is 0 Å². The molecule has 1 aliphatic rings. The van der Waals surface area contributed by atoms with Gasteiger partial charge in [-0.25, -0.2) is 4.79 Å². The summed E-state index contributed by atoms with van der Waals surface area (Å²) in [6.45, 7) is 2.77. The van der Waals surface area contributed by atoms with Crippen LogP contribution in [-0.2, 0) is 6.54 Å². The van der Waals surface area contributed by atoms with Crippen molar-refractivity contribution in [1.29, 1.82) is 0 Å². The molecule has 1 saturated heterocycles. The Labute approximate surface area is 166 Å². The largest absolute Gasteiger partial charge is 0.371 e. The maximum Gasteiger partial charge on any atom is 0.321 e. The highest BCUT2D eigenvalue weighted by Crippen LogP contribution is 2.25. The number of nitrogens with one attached hydrogen (secondary N) is 1. The monoisotopic (exact) mass is 374 g/mol. The first kappa shape index (κ1) is 18.2. The summed E-state index contributed by atoms with van der Waals surface area (Å²) in [4.78, 5) is 16.9. The second kappa shape index (κ2) is 8.21. The smallest absolute Gasteiger partial charge is 0.321 e. The van der Waals surface area contributed by atoms with Gasteiger partial charge in [0.15, 0.2) is 0 Å². The number of aromatic nitrogens is 1. The Morgan fingerprint density at radius 1 is 1.00 bits per heavy atom. The van der Waals surface area contributed by atoms with Gasteiger partial charge in [-0.05, 0) is 54.8 Å². The van der Waals surface area contributed by atoms with E-state index in [0.29, 0.717) is 6.54 Å². The zero-order chi connectivity index (χ0) is 19.3. The van der Waals surface area contributed by atoms with Crippen molar-refractivity contribution in [3.63, 3.8) is 0 Å². The number of benzene rings is 2. The molecule has 0 saturated carbocycles. The normalized spacial score (nSPS) is 13.5. The highest BCUT2D eigenvalue weighted by molar-refractivity contribution is 5.89. The van der Waals surface area contributed by atoms with Gasteiger partial charge in [-0.15, -0.1) is 0 Å². The molecule has 1 aliphatic heterocycles. The van der Waals surface area contributed by atoms with E-state index in [1.807, 2.05) is 66.5 Å². The van der Waals surface area contributed by atoms with Crippen molar-refractivity contribution in [1.82, 2.24) is 9.47 Å². The predicted octanol–water partition coefficient (Wildman–Crippen LogP) is 4.74. The minimum Gasteiger partial charge on any atom is -0.371 e. The van der Waals surface area contributed by atoms with Crippen LogP contribution in [0, 0.1) is 0 Å². The van der Waals surface area contributed by atoms with Gasteiger partial charge in [-0.1, -0.05) is 24.3 Å². The molecule has 0 atom stereocenters. The minimum atomic E-state index is -0.110. The summed E-state index contributed by atoms with van der Waals surface area (Å²) in [5.41, 5.74) is 4.23. The molecule has 1 N–H and O–H groups in total. The van der Waals surface area contributed by atoms with Crippen molar-refractivity contribution in [3.8, 4) is 5.69 Å². The summed E-state index contributed by atoms with van der Waals surface area (Å²) >= 11 is 0. The number of amides is 2. The van der Waals surface area contributed by atoms with Gasteiger partial charge >= 0.3 is 6.03 Å². The van der Waals surface area contributed by atoms with E-state index >= 15 is 0 Å². The molecule has 1 aromatic heterocycles.